The standard InChI is InChI=1S/C45H36F6N2/c1-27-22-28(29-23-30(44(46,47)48)25-31(24-29)45(49,50)51)18-20-37(27)53-40-17-11-8-14-35(40)43(4,5)36-26-32(19-21-41(36)53)52-38-15-9-6-12-33(38)42(2,3)34-13-7-10-16-39(34)52/h6-26H,1-5H3. The SMILES string of the molecule is Cc1cc(-c2cc(C(F)(F)F)cc(C(F)(F)F)c2)ccc1N1c2ccccc2C(C)(C)c2cc(N3c4ccccc4C(C)(C)c4ccccc43)ccc21. The normalized spacial score (nSPS) is 15.7. The van der Waals surface area contributed by atoms with E-state index in [9.17, 15) is 26.3 Å². The molecule has 0 unspecified atom stereocenters. The van der Waals surface area contributed by atoms with Crippen molar-refractivity contribution in [1.82, 2.24) is 0 Å². The minimum atomic E-state index is -4.94. The van der Waals surface area contributed by atoms with Gasteiger partial charge in [0.25, 0.3) is 0 Å². The summed E-state index contributed by atoms with van der Waals surface area (Å²) >= 11 is 0. The molecule has 0 spiro atoms. The Bertz CT molecular complexity index is 2340. The molecule has 6 aromatic rings. The van der Waals surface area contributed by atoms with Crippen LogP contribution in [0.4, 0.5) is 60.5 Å². The van der Waals surface area contributed by atoms with Crippen molar-refractivity contribution in [2.75, 3.05) is 9.80 Å². The van der Waals surface area contributed by atoms with Gasteiger partial charge in [-0.25, -0.2) is 0 Å². The lowest BCUT2D eigenvalue weighted by molar-refractivity contribution is -0.143. The highest BCUT2D eigenvalue weighted by Gasteiger charge is 2.41. The van der Waals surface area contributed by atoms with Gasteiger partial charge in [-0.1, -0.05) is 88.4 Å². The van der Waals surface area contributed by atoms with E-state index in [1.165, 1.54) is 11.1 Å². The summed E-state index contributed by atoms with van der Waals surface area (Å²) in [5.41, 5.74) is 7.95. The van der Waals surface area contributed by atoms with Crippen molar-refractivity contribution < 1.29 is 26.3 Å². The summed E-state index contributed by atoms with van der Waals surface area (Å²) in [5.74, 6) is 0. The number of halogens is 6. The van der Waals surface area contributed by atoms with Crippen molar-refractivity contribution in [2.45, 2.75) is 57.8 Å². The maximum Gasteiger partial charge on any atom is 0.416 e. The highest BCUT2D eigenvalue weighted by atomic mass is 19.4. The molecule has 0 saturated carbocycles. The molecule has 8 rings (SSSR count). The lowest BCUT2D eigenvalue weighted by atomic mass is 9.72. The van der Waals surface area contributed by atoms with Crippen LogP contribution in [-0.4, -0.2) is 0 Å². The van der Waals surface area contributed by atoms with Gasteiger partial charge in [0, 0.05) is 22.2 Å². The third-order valence-electron chi connectivity index (χ3n) is 11.0. The Hall–Kier alpha value is -5.50. The largest absolute Gasteiger partial charge is 0.416 e. The summed E-state index contributed by atoms with van der Waals surface area (Å²) < 4.78 is 82.4. The first kappa shape index (κ1) is 34.6. The smallest absolute Gasteiger partial charge is 0.310 e. The van der Waals surface area contributed by atoms with Crippen LogP contribution < -0.4 is 9.80 Å². The zero-order valence-electron chi connectivity index (χ0n) is 29.8. The van der Waals surface area contributed by atoms with E-state index in [0.717, 1.165) is 57.4 Å². The van der Waals surface area contributed by atoms with Gasteiger partial charge in [0.2, 0.25) is 0 Å². The Morgan fingerprint density at radius 2 is 0.849 bits per heavy atom. The molecule has 0 fully saturated rings. The fourth-order valence-corrected chi connectivity index (χ4v) is 8.25. The first-order chi connectivity index (χ1) is 25.0. The van der Waals surface area contributed by atoms with Crippen LogP contribution in [0.15, 0.2) is 127 Å². The van der Waals surface area contributed by atoms with Crippen molar-refractivity contribution in [3.63, 3.8) is 0 Å². The molecule has 0 aliphatic carbocycles. The third kappa shape index (κ3) is 5.49. The monoisotopic (exact) mass is 718 g/mol. The van der Waals surface area contributed by atoms with E-state index in [2.05, 4.69) is 110 Å². The first-order valence-electron chi connectivity index (χ1n) is 17.4. The highest BCUT2D eigenvalue weighted by molar-refractivity contribution is 5.91. The molecule has 0 atom stereocenters. The molecule has 268 valence electrons. The predicted molar refractivity (Wildman–Crippen MR) is 200 cm³/mol. The van der Waals surface area contributed by atoms with E-state index in [1.807, 2.05) is 25.1 Å². The number of hydrogen-bond acceptors (Lipinski definition) is 2. The van der Waals surface area contributed by atoms with Gasteiger partial charge in [0.15, 0.2) is 0 Å². The van der Waals surface area contributed by atoms with Crippen LogP contribution >= 0.6 is 0 Å². The molecule has 53 heavy (non-hydrogen) atoms. The lowest BCUT2D eigenvalue weighted by Gasteiger charge is -2.44. The second kappa shape index (κ2) is 11.8. The van der Waals surface area contributed by atoms with Crippen molar-refractivity contribution in [1.29, 1.82) is 0 Å². The Labute approximate surface area is 305 Å². The maximum atomic E-state index is 13.7. The second-order valence-corrected chi connectivity index (χ2v) is 15.0. The number of nitrogens with zero attached hydrogens (tertiary/aromatic N) is 2. The average Bonchev–Trinajstić information content (AvgIpc) is 3.12. The summed E-state index contributed by atoms with van der Waals surface area (Å²) in [7, 11) is 0. The van der Waals surface area contributed by atoms with Gasteiger partial charge in [-0.15, -0.1) is 0 Å². The van der Waals surface area contributed by atoms with E-state index < -0.39 is 28.9 Å². The number of anilines is 6. The molecule has 2 nitrogen and oxygen atoms in total. The second-order valence-electron chi connectivity index (χ2n) is 15.0. The van der Waals surface area contributed by atoms with Gasteiger partial charge in [-0.05, 0) is 113 Å². The molecule has 6 aromatic carbocycles. The van der Waals surface area contributed by atoms with E-state index in [-0.39, 0.29) is 22.6 Å². The van der Waals surface area contributed by atoms with Crippen LogP contribution in [0.25, 0.3) is 11.1 Å². The van der Waals surface area contributed by atoms with Crippen LogP contribution in [0.5, 0.6) is 0 Å². The fourth-order valence-electron chi connectivity index (χ4n) is 8.25. The number of benzene rings is 6. The van der Waals surface area contributed by atoms with Gasteiger partial charge >= 0.3 is 12.4 Å². The van der Waals surface area contributed by atoms with Crippen molar-refractivity contribution in [2.24, 2.45) is 0 Å². The molecule has 2 aliphatic rings. The number of para-hydroxylation sites is 3. The van der Waals surface area contributed by atoms with Crippen LogP contribution in [0, 0.1) is 6.92 Å². The fraction of sp³-hybridized carbons (Fsp3) is 0.200. The molecule has 0 aromatic heterocycles. The summed E-state index contributed by atoms with van der Waals surface area (Å²) in [6, 6.07) is 38.3. The number of alkyl halides is 6. The molecular weight excluding hydrogens is 682 g/mol. The Morgan fingerprint density at radius 1 is 0.415 bits per heavy atom. The molecule has 0 radical (unpaired) electrons. The number of hydrogen-bond donors (Lipinski definition) is 0. The zero-order valence-corrected chi connectivity index (χ0v) is 29.8. The third-order valence-corrected chi connectivity index (χ3v) is 11.0. The van der Waals surface area contributed by atoms with Crippen molar-refractivity contribution in [3.8, 4) is 11.1 Å². The van der Waals surface area contributed by atoms with Gasteiger partial charge < -0.3 is 9.80 Å². The quantitative estimate of drug-likeness (QED) is 0.168. The van der Waals surface area contributed by atoms with Crippen molar-refractivity contribution >= 4 is 34.1 Å². The summed E-state index contributed by atoms with van der Waals surface area (Å²) in [6.45, 7) is 10.7. The Kier molecular flexibility index (Phi) is 7.67. The maximum absolute atomic E-state index is 13.7. The summed E-state index contributed by atoms with van der Waals surface area (Å²) in [5, 5.41) is 0. The van der Waals surface area contributed by atoms with Crippen LogP contribution in [0.1, 0.15) is 66.6 Å². The minimum Gasteiger partial charge on any atom is -0.310 e. The summed E-state index contributed by atoms with van der Waals surface area (Å²) in [6.07, 6.45) is -9.88. The molecular formula is C45H36F6N2. The molecule has 8 heteroatoms. The predicted octanol–water partition coefficient (Wildman–Crippen LogP) is 13.9. The molecule has 2 heterocycles. The topological polar surface area (TPSA) is 6.48 Å². The molecule has 2 aliphatic heterocycles. The molecule has 0 amide bonds. The van der Waals surface area contributed by atoms with Gasteiger partial charge in [-0.3, -0.25) is 0 Å². The van der Waals surface area contributed by atoms with E-state index in [0.29, 0.717) is 5.56 Å². The van der Waals surface area contributed by atoms with E-state index >= 15 is 0 Å². The lowest BCUT2D eigenvalue weighted by Crippen LogP contribution is -2.32. The average molecular weight is 719 g/mol. The van der Waals surface area contributed by atoms with Gasteiger partial charge in [0.05, 0.1) is 33.9 Å². The van der Waals surface area contributed by atoms with Gasteiger partial charge in [-0.2, -0.15) is 26.3 Å². The summed E-state index contributed by atoms with van der Waals surface area (Å²) in [4.78, 5) is 4.47. The Morgan fingerprint density at radius 3 is 1.34 bits per heavy atom. The molecule has 0 bridgehead atoms. The highest BCUT2D eigenvalue weighted by Crippen LogP contribution is 2.56. The molecule has 0 N–H and O–H groups in total. The van der Waals surface area contributed by atoms with Crippen molar-refractivity contribution in [3.05, 3.63) is 166 Å². The van der Waals surface area contributed by atoms with Gasteiger partial charge in [0.1, 0.15) is 0 Å². The van der Waals surface area contributed by atoms with Crippen LogP contribution in [-0.2, 0) is 23.2 Å². The van der Waals surface area contributed by atoms with Crippen LogP contribution in [0.3, 0.4) is 0 Å². The first-order valence-corrected chi connectivity index (χ1v) is 17.4. The number of aryl methyl sites for hydroxylation is 1. The Balaban J connectivity index is 1.29. The zero-order chi connectivity index (χ0) is 37.7. The number of fused-ring (bicyclic) bond motifs is 4. The number of rotatable bonds is 3. The van der Waals surface area contributed by atoms with E-state index in [4.69, 9.17) is 0 Å². The minimum absolute atomic E-state index is 0.155. The van der Waals surface area contributed by atoms with Crippen LogP contribution in [0.2, 0.25) is 0 Å². The van der Waals surface area contributed by atoms with E-state index in [1.54, 1.807) is 18.2 Å². The molecule has 0 saturated heterocycles.